The maximum Gasteiger partial charge on any atom is 0.264 e. The number of anilines is 1. The molecule has 3 aromatic rings. The van der Waals surface area contributed by atoms with Gasteiger partial charge in [0.2, 0.25) is 5.91 Å². The summed E-state index contributed by atoms with van der Waals surface area (Å²) in [4.78, 5) is 28.7. The van der Waals surface area contributed by atoms with Gasteiger partial charge in [0.25, 0.3) is 5.56 Å². The van der Waals surface area contributed by atoms with Crippen molar-refractivity contribution < 1.29 is 9.53 Å². The van der Waals surface area contributed by atoms with Crippen molar-refractivity contribution in [3.63, 3.8) is 0 Å². The lowest BCUT2D eigenvalue weighted by atomic mass is 10.3. The first-order valence-corrected chi connectivity index (χ1v) is 7.38. The smallest absolute Gasteiger partial charge is 0.264 e. The predicted molar refractivity (Wildman–Crippen MR) is 89.4 cm³/mol. The number of aryl methyl sites for hydroxylation is 1. The Balaban J connectivity index is 1.84. The number of rotatable bonds is 4. The molecule has 0 atom stereocenters. The number of carbonyl (C=O) groups excluding carboxylic acids is 1. The number of amides is 1. The fraction of sp³-hybridized carbons (Fsp3) is 0.200. The molecule has 2 heterocycles. The quantitative estimate of drug-likeness (QED) is 0.771. The fourth-order valence-corrected chi connectivity index (χ4v) is 2.47. The SMILES string of the molecule is COc1ccc(Cl)cc1NC(=O)Cn1cnc2c(cnn2C)c1=O. The highest BCUT2D eigenvalue weighted by molar-refractivity contribution is 6.31. The zero-order valence-electron chi connectivity index (χ0n) is 13.0. The minimum absolute atomic E-state index is 0.188. The summed E-state index contributed by atoms with van der Waals surface area (Å²) in [6.45, 7) is -0.188. The number of nitrogens with zero attached hydrogens (tertiary/aromatic N) is 4. The molecule has 2 aromatic heterocycles. The normalized spacial score (nSPS) is 10.8. The molecule has 3 rings (SSSR count). The second-order valence-electron chi connectivity index (χ2n) is 5.08. The van der Waals surface area contributed by atoms with Crippen molar-refractivity contribution in [1.82, 2.24) is 19.3 Å². The number of ether oxygens (including phenoxy) is 1. The highest BCUT2D eigenvalue weighted by Gasteiger charge is 2.12. The first-order chi connectivity index (χ1) is 11.5. The molecule has 1 aromatic carbocycles. The van der Waals surface area contributed by atoms with Crippen LogP contribution in [0.3, 0.4) is 0 Å². The highest BCUT2D eigenvalue weighted by Crippen LogP contribution is 2.27. The molecule has 0 radical (unpaired) electrons. The molecule has 9 heteroatoms. The van der Waals surface area contributed by atoms with Crippen molar-refractivity contribution in [2.45, 2.75) is 6.54 Å². The van der Waals surface area contributed by atoms with Gasteiger partial charge in [-0.3, -0.25) is 18.8 Å². The van der Waals surface area contributed by atoms with Crippen LogP contribution in [0.25, 0.3) is 11.0 Å². The molecule has 0 aliphatic rings. The summed E-state index contributed by atoms with van der Waals surface area (Å²) < 4.78 is 7.89. The Labute approximate surface area is 141 Å². The molecule has 0 bridgehead atoms. The lowest BCUT2D eigenvalue weighted by Crippen LogP contribution is -2.28. The van der Waals surface area contributed by atoms with E-state index in [9.17, 15) is 9.59 Å². The summed E-state index contributed by atoms with van der Waals surface area (Å²) in [5.74, 6) is 0.0728. The molecule has 0 fully saturated rings. The van der Waals surface area contributed by atoms with E-state index in [2.05, 4.69) is 15.4 Å². The number of hydrogen-bond acceptors (Lipinski definition) is 5. The molecule has 0 unspecified atom stereocenters. The van der Waals surface area contributed by atoms with Gasteiger partial charge in [-0.2, -0.15) is 5.10 Å². The van der Waals surface area contributed by atoms with Crippen LogP contribution < -0.4 is 15.6 Å². The zero-order valence-corrected chi connectivity index (χ0v) is 13.7. The third-order valence-electron chi connectivity index (χ3n) is 3.47. The van der Waals surface area contributed by atoms with Crippen LogP contribution in [0.1, 0.15) is 0 Å². The second-order valence-corrected chi connectivity index (χ2v) is 5.51. The Morgan fingerprint density at radius 2 is 2.21 bits per heavy atom. The van der Waals surface area contributed by atoms with E-state index >= 15 is 0 Å². The van der Waals surface area contributed by atoms with Gasteiger partial charge in [0.05, 0.1) is 19.0 Å². The van der Waals surface area contributed by atoms with Crippen LogP contribution in [0.2, 0.25) is 5.02 Å². The number of methoxy groups -OCH3 is 1. The van der Waals surface area contributed by atoms with Crippen LogP contribution in [0.4, 0.5) is 5.69 Å². The summed E-state index contributed by atoms with van der Waals surface area (Å²) in [6, 6.07) is 4.87. The largest absolute Gasteiger partial charge is 0.495 e. The molecule has 0 aliphatic carbocycles. The monoisotopic (exact) mass is 347 g/mol. The Bertz CT molecular complexity index is 979. The average Bonchev–Trinajstić information content (AvgIpc) is 2.92. The van der Waals surface area contributed by atoms with E-state index in [0.29, 0.717) is 27.5 Å². The lowest BCUT2D eigenvalue weighted by molar-refractivity contribution is -0.116. The van der Waals surface area contributed by atoms with Gasteiger partial charge < -0.3 is 10.1 Å². The Kier molecular flexibility index (Phi) is 4.22. The van der Waals surface area contributed by atoms with E-state index in [1.807, 2.05) is 0 Å². The van der Waals surface area contributed by atoms with Crippen molar-refractivity contribution in [2.75, 3.05) is 12.4 Å². The summed E-state index contributed by atoms with van der Waals surface area (Å²) in [5.41, 5.74) is 0.563. The van der Waals surface area contributed by atoms with E-state index in [1.165, 1.54) is 28.9 Å². The van der Waals surface area contributed by atoms with Gasteiger partial charge in [0.15, 0.2) is 5.65 Å². The van der Waals surface area contributed by atoms with E-state index in [-0.39, 0.29) is 12.1 Å². The minimum atomic E-state index is -0.400. The van der Waals surface area contributed by atoms with E-state index in [1.54, 1.807) is 25.2 Å². The van der Waals surface area contributed by atoms with Gasteiger partial charge in [-0.15, -0.1) is 0 Å². The second kappa shape index (κ2) is 6.32. The highest BCUT2D eigenvalue weighted by atomic mass is 35.5. The third-order valence-corrected chi connectivity index (χ3v) is 3.70. The summed E-state index contributed by atoms with van der Waals surface area (Å²) in [7, 11) is 3.18. The van der Waals surface area contributed by atoms with Crippen molar-refractivity contribution in [3.8, 4) is 5.75 Å². The van der Waals surface area contributed by atoms with Crippen LogP contribution >= 0.6 is 11.6 Å². The Hall–Kier alpha value is -2.87. The number of aromatic nitrogens is 4. The van der Waals surface area contributed by atoms with Gasteiger partial charge >= 0.3 is 0 Å². The van der Waals surface area contributed by atoms with Crippen molar-refractivity contribution >= 4 is 34.2 Å². The number of carbonyl (C=O) groups is 1. The number of halogens is 1. The maximum atomic E-state index is 12.4. The van der Waals surface area contributed by atoms with Gasteiger partial charge in [-0.25, -0.2) is 4.98 Å². The average molecular weight is 348 g/mol. The molecule has 0 saturated carbocycles. The zero-order chi connectivity index (χ0) is 17.3. The molecule has 1 amide bonds. The van der Waals surface area contributed by atoms with Gasteiger partial charge in [-0.05, 0) is 18.2 Å². The molecule has 1 N–H and O–H groups in total. The summed E-state index contributed by atoms with van der Waals surface area (Å²) in [6.07, 6.45) is 2.75. The van der Waals surface area contributed by atoms with E-state index in [0.717, 1.165) is 0 Å². The van der Waals surface area contributed by atoms with Gasteiger partial charge in [-0.1, -0.05) is 11.6 Å². The van der Waals surface area contributed by atoms with E-state index in [4.69, 9.17) is 16.3 Å². The maximum absolute atomic E-state index is 12.4. The third kappa shape index (κ3) is 2.95. The molecule has 0 saturated heterocycles. The van der Waals surface area contributed by atoms with Crippen LogP contribution in [0, 0.1) is 0 Å². The molecular formula is C15H14ClN5O3. The molecular weight excluding hydrogens is 334 g/mol. The molecule has 24 heavy (non-hydrogen) atoms. The number of fused-ring (bicyclic) bond motifs is 1. The number of hydrogen-bond donors (Lipinski definition) is 1. The predicted octanol–water partition coefficient (Wildman–Crippen LogP) is 1.43. The molecule has 0 spiro atoms. The molecule has 124 valence electrons. The number of benzene rings is 1. The van der Waals surface area contributed by atoms with Crippen LogP contribution in [-0.2, 0) is 18.4 Å². The first-order valence-electron chi connectivity index (χ1n) is 7.00. The number of nitrogens with one attached hydrogen (secondary N) is 1. The summed E-state index contributed by atoms with van der Waals surface area (Å²) in [5, 5.41) is 7.48. The van der Waals surface area contributed by atoms with Crippen molar-refractivity contribution in [3.05, 3.63) is 46.1 Å². The molecule has 8 nitrogen and oxygen atoms in total. The lowest BCUT2D eigenvalue weighted by Gasteiger charge is -2.11. The van der Waals surface area contributed by atoms with Crippen LogP contribution in [0.15, 0.2) is 35.5 Å². The van der Waals surface area contributed by atoms with Crippen molar-refractivity contribution in [2.24, 2.45) is 7.05 Å². The fourth-order valence-electron chi connectivity index (χ4n) is 2.30. The van der Waals surface area contributed by atoms with Crippen molar-refractivity contribution in [1.29, 1.82) is 0 Å². The summed E-state index contributed by atoms with van der Waals surface area (Å²) >= 11 is 5.93. The van der Waals surface area contributed by atoms with Gasteiger partial charge in [0, 0.05) is 12.1 Å². The van der Waals surface area contributed by atoms with Gasteiger partial charge in [0.1, 0.15) is 24.0 Å². The Morgan fingerprint density at radius 3 is 2.96 bits per heavy atom. The first kappa shape index (κ1) is 16.0. The van der Waals surface area contributed by atoms with E-state index < -0.39 is 5.91 Å². The Morgan fingerprint density at radius 1 is 1.42 bits per heavy atom. The topological polar surface area (TPSA) is 91.0 Å². The van der Waals surface area contributed by atoms with Crippen LogP contribution in [-0.4, -0.2) is 32.3 Å². The standard InChI is InChI=1S/C15H14ClN5O3/c1-20-14-10(6-18-20)15(23)21(8-17-14)7-13(22)19-11-5-9(16)3-4-12(11)24-2/h3-6,8H,7H2,1-2H3,(H,19,22). The minimum Gasteiger partial charge on any atom is -0.495 e. The molecule has 0 aliphatic heterocycles. The van der Waals surface area contributed by atoms with Crippen LogP contribution in [0.5, 0.6) is 5.75 Å².